The van der Waals surface area contributed by atoms with E-state index in [1.807, 2.05) is 43.0 Å². The van der Waals surface area contributed by atoms with Crippen LogP contribution in [0.4, 0.5) is 5.82 Å². The third-order valence-electron chi connectivity index (χ3n) is 2.82. The molecule has 0 saturated carbocycles. The Bertz CT molecular complexity index is 608. The summed E-state index contributed by atoms with van der Waals surface area (Å²) in [6, 6.07) is 13.7. The summed E-state index contributed by atoms with van der Waals surface area (Å²) in [5, 5.41) is 3.38. The van der Waals surface area contributed by atoms with Crippen molar-refractivity contribution < 1.29 is 4.79 Å². The topological polar surface area (TPSA) is 42.0 Å². The second-order valence-corrected chi connectivity index (χ2v) is 6.85. The molecule has 1 aromatic heterocycles. The molecule has 3 nitrogen and oxygen atoms in total. The number of nitrogens with one attached hydrogen (secondary N) is 1. The van der Waals surface area contributed by atoms with Gasteiger partial charge in [-0.05, 0) is 36.8 Å². The quantitative estimate of drug-likeness (QED) is 0.846. The van der Waals surface area contributed by atoms with Gasteiger partial charge in [-0.15, -0.1) is 11.8 Å². The largest absolute Gasteiger partial charge is 0.310 e. The van der Waals surface area contributed by atoms with Crippen molar-refractivity contribution in [1.82, 2.24) is 4.98 Å². The number of hydrogen-bond acceptors (Lipinski definition) is 3. The fourth-order valence-electron chi connectivity index (χ4n) is 1.94. The first-order valence-corrected chi connectivity index (χ1v) is 7.90. The highest BCUT2D eigenvalue weighted by Gasteiger charge is 2.06. The molecule has 1 N–H and O–H groups in total. The van der Waals surface area contributed by atoms with Gasteiger partial charge in [-0.3, -0.25) is 4.79 Å². The molecule has 0 spiro atoms. The standard InChI is InChI=1S/C17H20N2OS/c1-12(2)21-15-9-7-14(8-10-15)11-17(20)19-16-6-4-5-13(3)18-16/h4-10,12H,11H2,1-3H3,(H,18,19,20). The van der Waals surface area contributed by atoms with Gasteiger partial charge >= 0.3 is 0 Å². The molecule has 110 valence electrons. The maximum absolute atomic E-state index is 12.0. The molecule has 2 rings (SSSR count). The Morgan fingerprint density at radius 1 is 1.19 bits per heavy atom. The molecule has 0 aliphatic rings. The second-order valence-electron chi connectivity index (χ2n) is 5.20. The van der Waals surface area contributed by atoms with Gasteiger partial charge in [-0.25, -0.2) is 4.98 Å². The molecular weight excluding hydrogens is 280 g/mol. The van der Waals surface area contributed by atoms with E-state index in [2.05, 4.69) is 36.3 Å². The van der Waals surface area contributed by atoms with Crippen LogP contribution >= 0.6 is 11.8 Å². The van der Waals surface area contributed by atoms with Crippen LogP contribution in [0.5, 0.6) is 0 Å². The van der Waals surface area contributed by atoms with Crippen LogP contribution in [0, 0.1) is 6.92 Å². The van der Waals surface area contributed by atoms with E-state index in [0.29, 0.717) is 17.5 Å². The van der Waals surface area contributed by atoms with E-state index in [1.165, 1.54) is 4.90 Å². The van der Waals surface area contributed by atoms with E-state index >= 15 is 0 Å². The zero-order chi connectivity index (χ0) is 15.2. The number of nitrogens with zero attached hydrogens (tertiary/aromatic N) is 1. The Labute approximate surface area is 130 Å². The molecule has 0 aliphatic heterocycles. The lowest BCUT2D eigenvalue weighted by atomic mass is 10.1. The average molecular weight is 300 g/mol. The number of rotatable bonds is 5. The predicted octanol–water partition coefficient (Wildman–Crippen LogP) is 4.07. The summed E-state index contributed by atoms with van der Waals surface area (Å²) in [5.74, 6) is 0.560. The maximum atomic E-state index is 12.0. The summed E-state index contributed by atoms with van der Waals surface area (Å²) in [5.41, 5.74) is 1.90. The van der Waals surface area contributed by atoms with E-state index in [4.69, 9.17) is 0 Å². The summed E-state index contributed by atoms with van der Waals surface area (Å²) >= 11 is 1.82. The van der Waals surface area contributed by atoms with Crippen LogP contribution in [0.2, 0.25) is 0 Å². The molecule has 1 aromatic carbocycles. The molecule has 2 aromatic rings. The van der Waals surface area contributed by atoms with Crippen LogP contribution in [-0.4, -0.2) is 16.1 Å². The van der Waals surface area contributed by atoms with Gasteiger partial charge in [0.2, 0.25) is 5.91 Å². The minimum Gasteiger partial charge on any atom is -0.310 e. The van der Waals surface area contributed by atoms with Crippen LogP contribution in [0.15, 0.2) is 47.4 Å². The van der Waals surface area contributed by atoms with Crippen molar-refractivity contribution in [3.8, 4) is 0 Å². The van der Waals surface area contributed by atoms with E-state index in [1.54, 1.807) is 6.07 Å². The molecule has 0 atom stereocenters. The minimum absolute atomic E-state index is 0.0441. The van der Waals surface area contributed by atoms with Gasteiger partial charge in [0.05, 0.1) is 6.42 Å². The lowest BCUT2D eigenvalue weighted by Crippen LogP contribution is -2.15. The number of pyridine rings is 1. The van der Waals surface area contributed by atoms with Crippen LogP contribution in [0.1, 0.15) is 25.1 Å². The smallest absolute Gasteiger partial charge is 0.229 e. The van der Waals surface area contributed by atoms with Crippen molar-refractivity contribution in [1.29, 1.82) is 0 Å². The first-order chi connectivity index (χ1) is 10.0. The number of aromatic nitrogens is 1. The minimum atomic E-state index is -0.0441. The van der Waals surface area contributed by atoms with Gasteiger partial charge < -0.3 is 5.32 Å². The first kappa shape index (κ1) is 15.6. The fourth-order valence-corrected chi connectivity index (χ4v) is 2.78. The maximum Gasteiger partial charge on any atom is 0.229 e. The van der Waals surface area contributed by atoms with Crippen LogP contribution in [0.3, 0.4) is 0 Å². The second kappa shape index (κ2) is 7.27. The summed E-state index contributed by atoms with van der Waals surface area (Å²) in [6.07, 6.45) is 0.363. The number of carbonyl (C=O) groups excluding carboxylic acids is 1. The Kier molecular flexibility index (Phi) is 5.39. The lowest BCUT2D eigenvalue weighted by Gasteiger charge is -2.07. The van der Waals surface area contributed by atoms with E-state index in [0.717, 1.165) is 11.3 Å². The van der Waals surface area contributed by atoms with Crippen molar-refractivity contribution in [2.45, 2.75) is 37.3 Å². The monoisotopic (exact) mass is 300 g/mol. The normalized spacial score (nSPS) is 10.7. The molecule has 0 saturated heterocycles. The molecule has 0 fully saturated rings. The Balaban J connectivity index is 1.93. The number of anilines is 1. The highest BCUT2D eigenvalue weighted by molar-refractivity contribution is 7.99. The Morgan fingerprint density at radius 3 is 2.52 bits per heavy atom. The summed E-state index contributed by atoms with van der Waals surface area (Å²) in [6.45, 7) is 6.24. The van der Waals surface area contributed by atoms with Crippen molar-refractivity contribution in [3.05, 3.63) is 53.7 Å². The van der Waals surface area contributed by atoms with Gasteiger partial charge in [-0.2, -0.15) is 0 Å². The van der Waals surface area contributed by atoms with E-state index < -0.39 is 0 Å². The fraction of sp³-hybridized carbons (Fsp3) is 0.294. The summed E-state index contributed by atoms with van der Waals surface area (Å²) < 4.78 is 0. The number of amides is 1. The molecular formula is C17H20N2OS. The molecule has 0 radical (unpaired) electrons. The zero-order valence-electron chi connectivity index (χ0n) is 12.6. The van der Waals surface area contributed by atoms with E-state index in [-0.39, 0.29) is 5.91 Å². The Hall–Kier alpha value is -1.81. The highest BCUT2D eigenvalue weighted by Crippen LogP contribution is 2.23. The van der Waals surface area contributed by atoms with Gasteiger partial charge in [0.15, 0.2) is 0 Å². The molecule has 1 amide bonds. The number of benzene rings is 1. The van der Waals surface area contributed by atoms with Crippen molar-refractivity contribution in [3.63, 3.8) is 0 Å². The molecule has 0 unspecified atom stereocenters. The van der Waals surface area contributed by atoms with Gasteiger partial charge in [0.25, 0.3) is 0 Å². The highest BCUT2D eigenvalue weighted by atomic mass is 32.2. The number of thioether (sulfide) groups is 1. The molecule has 21 heavy (non-hydrogen) atoms. The number of carbonyl (C=O) groups is 1. The molecule has 0 aliphatic carbocycles. The number of hydrogen-bond donors (Lipinski definition) is 1. The Morgan fingerprint density at radius 2 is 1.90 bits per heavy atom. The molecule has 0 bridgehead atoms. The van der Waals surface area contributed by atoms with Crippen molar-refractivity contribution in [2.75, 3.05) is 5.32 Å². The first-order valence-electron chi connectivity index (χ1n) is 7.02. The van der Waals surface area contributed by atoms with Crippen molar-refractivity contribution in [2.24, 2.45) is 0 Å². The third kappa shape index (κ3) is 5.23. The molecule has 1 heterocycles. The van der Waals surface area contributed by atoms with Crippen LogP contribution < -0.4 is 5.32 Å². The predicted molar refractivity (Wildman–Crippen MR) is 88.7 cm³/mol. The lowest BCUT2D eigenvalue weighted by molar-refractivity contribution is -0.115. The van der Waals surface area contributed by atoms with Crippen LogP contribution in [0.25, 0.3) is 0 Å². The number of aryl methyl sites for hydroxylation is 1. The third-order valence-corrected chi connectivity index (χ3v) is 3.83. The zero-order valence-corrected chi connectivity index (χ0v) is 13.4. The van der Waals surface area contributed by atoms with E-state index in [9.17, 15) is 4.79 Å². The van der Waals surface area contributed by atoms with Crippen LogP contribution in [-0.2, 0) is 11.2 Å². The van der Waals surface area contributed by atoms with Gasteiger partial charge in [0, 0.05) is 15.8 Å². The SMILES string of the molecule is Cc1cccc(NC(=O)Cc2ccc(SC(C)C)cc2)n1. The summed E-state index contributed by atoms with van der Waals surface area (Å²) in [4.78, 5) is 17.5. The van der Waals surface area contributed by atoms with Gasteiger partial charge in [0.1, 0.15) is 5.82 Å². The van der Waals surface area contributed by atoms with Gasteiger partial charge in [-0.1, -0.05) is 32.0 Å². The summed E-state index contributed by atoms with van der Waals surface area (Å²) in [7, 11) is 0. The van der Waals surface area contributed by atoms with Crippen molar-refractivity contribution >= 4 is 23.5 Å². The molecule has 4 heteroatoms. The average Bonchev–Trinajstić information content (AvgIpc) is 2.40.